The second kappa shape index (κ2) is 9.89. The van der Waals surface area contributed by atoms with E-state index < -0.39 is 10.9 Å². The third kappa shape index (κ3) is 4.71. The number of ether oxygens (including phenoxy) is 2. The average Bonchev–Trinajstić information content (AvgIpc) is 2.95. The molecule has 8 heteroatoms. The van der Waals surface area contributed by atoms with Gasteiger partial charge in [0.2, 0.25) is 0 Å². The van der Waals surface area contributed by atoms with Gasteiger partial charge >= 0.3 is 5.97 Å². The fourth-order valence-electron chi connectivity index (χ4n) is 5.93. The number of hydrogen-bond donors (Lipinski definition) is 1. The first-order chi connectivity index (χ1) is 19.6. The summed E-state index contributed by atoms with van der Waals surface area (Å²) in [4.78, 5) is 36.9. The van der Waals surface area contributed by atoms with Crippen molar-refractivity contribution in [2.75, 3.05) is 12.4 Å². The van der Waals surface area contributed by atoms with Crippen LogP contribution in [-0.2, 0) is 4.79 Å². The Bertz CT molecular complexity index is 1770. The molecule has 206 valence electrons. The molecule has 0 aromatic heterocycles. The van der Waals surface area contributed by atoms with Crippen molar-refractivity contribution < 1.29 is 24.0 Å². The van der Waals surface area contributed by atoms with Crippen LogP contribution in [0.15, 0.2) is 90.1 Å². The van der Waals surface area contributed by atoms with Crippen molar-refractivity contribution in [2.24, 2.45) is 5.41 Å². The van der Waals surface area contributed by atoms with E-state index >= 15 is 0 Å². The molecule has 6 rings (SSSR count). The normalized spacial score (nSPS) is 17.3. The predicted molar refractivity (Wildman–Crippen MR) is 156 cm³/mol. The second-order valence-electron chi connectivity index (χ2n) is 11.2. The van der Waals surface area contributed by atoms with Crippen LogP contribution >= 0.6 is 0 Å². The maximum atomic E-state index is 13.7. The van der Waals surface area contributed by atoms with Gasteiger partial charge in [0.15, 0.2) is 17.3 Å². The minimum atomic E-state index is -0.667. The number of rotatable bonds is 5. The molecular formula is C33H28N2O6. The number of carbonyl (C=O) groups excluding carboxylic acids is 2. The fraction of sp³-hybridized carbons (Fsp3) is 0.212. The number of benzene rings is 4. The Hall–Kier alpha value is -4.98. The highest BCUT2D eigenvalue weighted by atomic mass is 16.6. The number of nitrogens with one attached hydrogen (secondary N) is 1. The van der Waals surface area contributed by atoms with Crippen LogP contribution in [0.1, 0.15) is 54.1 Å². The van der Waals surface area contributed by atoms with E-state index in [1.807, 2.05) is 24.3 Å². The van der Waals surface area contributed by atoms with Gasteiger partial charge < -0.3 is 14.8 Å². The van der Waals surface area contributed by atoms with Crippen molar-refractivity contribution in [1.82, 2.24) is 0 Å². The molecule has 4 aromatic rings. The Morgan fingerprint density at radius 1 is 0.976 bits per heavy atom. The number of hydrogen-bond acceptors (Lipinski definition) is 7. The zero-order valence-electron chi connectivity index (χ0n) is 22.9. The molecule has 2 aliphatic rings. The molecule has 0 spiro atoms. The maximum Gasteiger partial charge on any atom is 0.343 e. The summed E-state index contributed by atoms with van der Waals surface area (Å²) < 4.78 is 11.3. The van der Waals surface area contributed by atoms with E-state index in [9.17, 15) is 19.7 Å². The van der Waals surface area contributed by atoms with E-state index in [4.69, 9.17) is 9.47 Å². The van der Waals surface area contributed by atoms with Crippen molar-refractivity contribution in [2.45, 2.75) is 32.6 Å². The molecule has 1 aliphatic carbocycles. The lowest BCUT2D eigenvalue weighted by atomic mass is 9.68. The van der Waals surface area contributed by atoms with Gasteiger partial charge in [-0.05, 0) is 52.6 Å². The first-order valence-electron chi connectivity index (χ1n) is 13.3. The number of fused-ring (bicyclic) bond motifs is 3. The first kappa shape index (κ1) is 26.3. The van der Waals surface area contributed by atoms with Gasteiger partial charge in [-0.2, -0.15) is 0 Å². The molecule has 0 radical (unpaired) electrons. The summed E-state index contributed by atoms with van der Waals surface area (Å²) >= 11 is 0. The summed E-state index contributed by atoms with van der Waals surface area (Å²) in [7, 11) is 1.49. The van der Waals surface area contributed by atoms with Crippen LogP contribution in [0.25, 0.3) is 10.8 Å². The van der Waals surface area contributed by atoms with Gasteiger partial charge in [-0.25, -0.2) is 4.79 Å². The van der Waals surface area contributed by atoms with Crippen LogP contribution in [-0.4, -0.2) is 23.8 Å². The van der Waals surface area contributed by atoms with Crippen molar-refractivity contribution in [1.29, 1.82) is 0 Å². The Balaban J connectivity index is 1.42. The Morgan fingerprint density at radius 3 is 2.46 bits per heavy atom. The number of methoxy groups -OCH3 is 1. The standard InChI is InChI=1S/C33H28N2O6/c1-33(2)17-25-30(26(36)18-33)29(24-14-10-19-6-4-5-7-23(19)31(24)34-25)21-11-15-27(28(16-21)40-3)41-32(37)20-8-12-22(13-9-20)35(38)39/h4-16,29,34H,17-18H2,1-3H3. The van der Waals surface area contributed by atoms with Crippen molar-refractivity contribution in [3.05, 3.63) is 117 Å². The second-order valence-corrected chi connectivity index (χ2v) is 11.2. The number of carbonyl (C=O) groups is 2. The molecule has 0 saturated heterocycles. The number of ketones is 1. The number of allylic oxidation sites excluding steroid dienone is 2. The van der Waals surface area contributed by atoms with Crippen LogP contribution < -0.4 is 14.8 Å². The topological polar surface area (TPSA) is 108 Å². The third-order valence-electron chi connectivity index (χ3n) is 7.79. The highest BCUT2D eigenvalue weighted by Crippen LogP contribution is 2.51. The number of anilines is 1. The maximum absolute atomic E-state index is 13.7. The molecule has 1 aliphatic heterocycles. The summed E-state index contributed by atoms with van der Waals surface area (Å²) in [5.41, 5.74) is 4.41. The smallest absolute Gasteiger partial charge is 0.343 e. The van der Waals surface area contributed by atoms with E-state index in [-0.39, 0.29) is 34.1 Å². The number of esters is 1. The highest BCUT2D eigenvalue weighted by molar-refractivity contribution is 6.05. The number of non-ortho nitro benzene ring substituents is 1. The molecule has 4 aromatic carbocycles. The van der Waals surface area contributed by atoms with E-state index in [1.54, 1.807) is 6.07 Å². The zero-order valence-corrected chi connectivity index (χ0v) is 22.9. The van der Waals surface area contributed by atoms with Crippen molar-refractivity contribution in [3.8, 4) is 11.5 Å². The molecule has 1 unspecified atom stereocenters. The number of nitro benzene ring substituents is 1. The molecular weight excluding hydrogens is 520 g/mol. The minimum absolute atomic E-state index is 0.111. The summed E-state index contributed by atoms with van der Waals surface area (Å²) in [6.07, 6.45) is 1.20. The Labute approximate surface area is 236 Å². The van der Waals surface area contributed by atoms with Crippen LogP contribution in [0.4, 0.5) is 11.4 Å². The van der Waals surface area contributed by atoms with Crippen LogP contribution in [0.3, 0.4) is 0 Å². The molecule has 0 saturated carbocycles. The lowest BCUT2D eigenvalue weighted by Gasteiger charge is -2.40. The quantitative estimate of drug-likeness (QED) is 0.122. The highest BCUT2D eigenvalue weighted by Gasteiger charge is 2.41. The zero-order chi connectivity index (χ0) is 28.9. The first-order valence-corrected chi connectivity index (χ1v) is 13.3. The number of nitrogens with zero attached hydrogens (tertiary/aromatic N) is 1. The van der Waals surface area contributed by atoms with Crippen LogP contribution in [0, 0.1) is 15.5 Å². The molecule has 8 nitrogen and oxygen atoms in total. The third-order valence-corrected chi connectivity index (χ3v) is 7.79. The molecule has 0 bridgehead atoms. The molecule has 41 heavy (non-hydrogen) atoms. The Morgan fingerprint density at radius 2 is 1.73 bits per heavy atom. The summed E-state index contributed by atoms with van der Waals surface area (Å²) in [5, 5.41) is 16.8. The fourth-order valence-corrected chi connectivity index (χ4v) is 5.93. The summed E-state index contributed by atoms with van der Waals surface area (Å²) in [6.45, 7) is 4.22. The number of nitro groups is 1. The van der Waals surface area contributed by atoms with Gasteiger partial charge in [0.05, 0.1) is 23.3 Å². The van der Waals surface area contributed by atoms with E-state index in [0.29, 0.717) is 12.2 Å². The van der Waals surface area contributed by atoms with E-state index in [2.05, 4.69) is 43.4 Å². The lowest BCUT2D eigenvalue weighted by molar-refractivity contribution is -0.384. The van der Waals surface area contributed by atoms with Gasteiger partial charge in [-0.15, -0.1) is 0 Å². The van der Waals surface area contributed by atoms with Gasteiger partial charge in [-0.1, -0.05) is 56.3 Å². The van der Waals surface area contributed by atoms with Gasteiger partial charge in [-0.3, -0.25) is 14.9 Å². The van der Waals surface area contributed by atoms with Crippen molar-refractivity contribution in [3.63, 3.8) is 0 Å². The number of Topliss-reactive ketones (excluding diaryl/α,β-unsaturated/α-hetero) is 1. The largest absolute Gasteiger partial charge is 0.493 e. The summed E-state index contributed by atoms with van der Waals surface area (Å²) in [5.74, 6) is -0.343. The van der Waals surface area contributed by atoms with Gasteiger partial charge in [0.1, 0.15) is 0 Å². The van der Waals surface area contributed by atoms with Gasteiger partial charge in [0, 0.05) is 41.1 Å². The molecule has 0 fully saturated rings. The molecule has 1 N–H and O–H groups in total. The van der Waals surface area contributed by atoms with E-state index in [0.717, 1.165) is 45.3 Å². The SMILES string of the molecule is COc1cc(C2C3=C(CC(C)(C)CC3=O)Nc3c2ccc2ccccc32)ccc1OC(=O)c1ccc([N+](=O)[O-])cc1. The predicted octanol–water partition coefficient (Wildman–Crippen LogP) is 7.18. The summed E-state index contributed by atoms with van der Waals surface area (Å²) in [6, 6.07) is 22.9. The van der Waals surface area contributed by atoms with Crippen molar-refractivity contribution >= 4 is 33.9 Å². The molecule has 1 heterocycles. The van der Waals surface area contributed by atoms with Gasteiger partial charge in [0.25, 0.3) is 5.69 Å². The van der Waals surface area contributed by atoms with E-state index in [1.165, 1.54) is 31.4 Å². The monoisotopic (exact) mass is 548 g/mol. The molecule has 0 amide bonds. The van der Waals surface area contributed by atoms with Crippen LogP contribution in [0.5, 0.6) is 11.5 Å². The van der Waals surface area contributed by atoms with Crippen LogP contribution in [0.2, 0.25) is 0 Å². The minimum Gasteiger partial charge on any atom is -0.493 e. The average molecular weight is 549 g/mol. The Kier molecular flexibility index (Phi) is 6.33. The lowest BCUT2D eigenvalue weighted by Crippen LogP contribution is -2.33. The molecule has 1 atom stereocenters.